The SMILES string of the molecule is CNC(=O)NC(=O)C(OC(=O)c1c(C)cc(=O)oc1C)c1ccccc1. The molecule has 2 aromatic rings. The maximum atomic E-state index is 12.6. The molecule has 0 aliphatic rings. The summed E-state index contributed by atoms with van der Waals surface area (Å²) < 4.78 is 10.3. The number of aryl methyl sites for hydroxylation is 2. The van der Waals surface area contributed by atoms with Gasteiger partial charge in [0.15, 0.2) is 0 Å². The minimum absolute atomic E-state index is 0.0540. The van der Waals surface area contributed by atoms with Crippen molar-refractivity contribution in [1.29, 1.82) is 0 Å². The minimum atomic E-state index is -1.35. The minimum Gasteiger partial charge on any atom is -0.444 e. The molecule has 1 aromatic carbocycles. The van der Waals surface area contributed by atoms with E-state index in [1.165, 1.54) is 14.0 Å². The first kappa shape index (κ1) is 18.9. The summed E-state index contributed by atoms with van der Waals surface area (Å²) in [7, 11) is 1.35. The number of carbonyl (C=O) groups excluding carboxylic acids is 3. The van der Waals surface area contributed by atoms with E-state index < -0.39 is 29.6 Å². The maximum Gasteiger partial charge on any atom is 0.342 e. The summed E-state index contributed by atoms with van der Waals surface area (Å²) >= 11 is 0. The Balaban J connectivity index is 2.35. The Bertz CT molecular complexity index is 862. The predicted octanol–water partition coefficient (Wildman–Crippen LogP) is 1.61. The zero-order chi connectivity index (χ0) is 19.3. The molecule has 136 valence electrons. The Hall–Kier alpha value is -3.42. The number of rotatable bonds is 4. The lowest BCUT2D eigenvalue weighted by Gasteiger charge is -2.18. The van der Waals surface area contributed by atoms with Gasteiger partial charge in [0, 0.05) is 18.7 Å². The second kappa shape index (κ2) is 8.11. The molecular formula is C18H18N2O6. The number of hydrogen-bond acceptors (Lipinski definition) is 6. The highest BCUT2D eigenvalue weighted by Crippen LogP contribution is 2.21. The highest BCUT2D eigenvalue weighted by molar-refractivity contribution is 5.99. The lowest BCUT2D eigenvalue weighted by atomic mass is 10.1. The average molecular weight is 358 g/mol. The van der Waals surface area contributed by atoms with Crippen LogP contribution >= 0.6 is 0 Å². The van der Waals surface area contributed by atoms with Crippen LogP contribution in [0, 0.1) is 13.8 Å². The van der Waals surface area contributed by atoms with Crippen molar-refractivity contribution in [2.75, 3.05) is 7.05 Å². The van der Waals surface area contributed by atoms with E-state index in [2.05, 4.69) is 10.6 Å². The van der Waals surface area contributed by atoms with E-state index >= 15 is 0 Å². The maximum absolute atomic E-state index is 12.6. The first-order valence-corrected chi connectivity index (χ1v) is 7.73. The molecular weight excluding hydrogens is 340 g/mol. The van der Waals surface area contributed by atoms with Gasteiger partial charge in [-0.05, 0) is 19.4 Å². The van der Waals surface area contributed by atoms with E-state index in [9.17, 15) is 19.2 Å². The fourth-order valence-corrected chi connectivity index (χ4v) is 2.37. The average Bonchev–Trinajstić information content (AvgIpc) is 2.59. The van der Waals surface area contributed by atoms with Crippen molar-refractivity contribution >= 4 is 17.9 Å². The Kier molecular flexibility index (Phi) is 5.90. The van der Waals surface area contributed by atoms with E-state index in [0.717, 1.165) is 6.07 Å². The third-order valence-electron chi connectivity index (χ3n) is 3.57. The quantitative estimate of drug-likeness (QED) is 0.803. The lowest BCUT2D eigenvalue weighted by Crippen LogP contribution is -2.41. The van der Waals surface area contributed by atoms with Crippen LogP contribution in [0.2, 0.25) is 0 Å². The molecule has 2 N–H and O–H groups in total. The van der Waals surface area contributed by atoms with Crippen LogP contribution in [-0.2, 0) is 9.53 Å². The van der Waals surface area contributed by atoms with Crippen molar-refractivity contribution in [3.8, 4) is 0 Å². The largest absolute Gasteiger partial charge is 0.444 e. The summed E-state index contributed by atoms with van der Waals surface area (Å²) in [4.78, 5) is 47.7. The molecule has 8 heteroatoms. The molecule has 1 heterocycles. The van der Waals surface area contributed by atoms with Crippen LogP contribution in [0.25, 0.3) is 0 Å². The van der Waals surface area contributed by atoms with Crippen molar-refractivity contribution in [3.63, 3.8) is 0 Å². The van der Waals surface area contributed by atoms with E-state index in [-0.39, 0.29) is 11.3 Å². The zero-order valence-corrected chi connectivity index (χ0v) is 14.5. The normalized spacial score (nSPS) is 11.3. The molecule has 3 amide bonds. The number of nitrogens with one attached hydrogen (secondary N) is 2. The lowest BCUT2D eigenvalue weighted by molar-refractivity contribution is -0.129. The third-order valence-corrected chi connectivity index (χ3v) is 3.57. The number of benzene rings is 1. The molecule has 8 nitrogen and oxygen atoms in total. The Labute approximate surface area is 149 Å². The van der Waals surface area contributed by atoms with Crippen molar-refractivity contribution < 1.29 is 23.5 Å². The number of esters is 1. The molecule has 0 aliphatic carbocycles. The van der Waals surface area contributed by atoms with Crippen LogP contribution in [0.3, 0.4) is 0 Å². The van der Waals surface area contributed by atoms with E-state index in [1.807, 2.05) is 0 Å². The van der Waals surface area contributed by atoms with Gasteiger partial charge < -0.3 is 14.5 Å². The number of urea groups is 1. The molecule has 0 radical (unpaired) electrons. The van der Waals surface area contributed by atoms with Gasteiger partial charge in [0.05, 0.1) is 0 Å². The molecule has 0 aliphatic heterocycles. The summed E-state index contributed by atoms with van der Waals surface area (Å²) in [6.07, 6.45) is -1.35. The van der Waals surface area contributed by atoms with E-state index in [1.54, 1.807) is 37.3 Å². The van der Waals surface area contributed by atoms with Gasteiger partial charge in [-0.2, -0.15) is 0 Å². The van der Waals surface area contributed by atoms with Crippen molar-refractivity contribution in [2.45, 2.75) is 20.0 Å². The Morgan fingerprint density at radius 1 is 1.12 bits per heavy atom. The Morgan fingerprint density at radius 3 is 2.35 bits per heavy atom. The number of amides is 3. The number of imide groups is 1. The van der Waals surface area contributed by atoms with Crippen LogP contribution in [0.4, 0.5) is 4.79 Å². The second-order valence-electron chi connectivity index (χ2n) is 5.44. The van der Waals surface area contributed by atoms with Crippen molar-refractivity contribution in [3.05, 3.63) is 69.3 Å². The first-order valence-electron chi connectivity index (χ1n) is 7.73. The van der Waals surface area contributed by atoms with Gasteiger partial charge in [-0.1, -0.05) is 30.3 Å². The molecule has 0 fully saturated rings. The molecule has 1 unspecified atom stereocenters. The first-order chi connectivity index (χ1) is 12.3. The van der Waals surface area contributed by atoms with Crippen LogP contribution in [-0.4, -0.2) is 25.0 Å². The molecule has 0 saturated heterocycles. The van der Waals surface area contributed by atoms with E-state index in [0.29, 0.717) is 11.1 Å². The number of ether oxygens (including phenoxy) is 1. The summed E-state index contributed by atoms with van der Waals surface area (Å²) in [5.41, 5.74) is 0.212. The highest BCUT2D eigenvalue weighted by Gasteiger charge is 2.28. The topological polar surface area (TPSA) is 115 Å². The predicted molar refractivity (Wildman–Crippen MR) is 91.6 cm³/mol. The van der Waals surface area contributed by atoms with Gasteiger partial charge in [-0.25, -0.2) is 14.4 Å². The van der Waals surface area contributed by atoms with Gasteiger partial charge in [0.25, 0.3) is 5.91 Å². The van der Waals surface area contributed by atoms with Crippen LogP contribution in [0.15, 0.2) is 45.6 Å². The van der Waals surface area contributed by atoms with Crippen LogP contribution in [0.5, 0.6) is 0 Å². The van der Waals surface area contributed by atoms with Crippen LogP contribution in [0.1, 0.15) is 33.3 Å². The van der Waals surface area contributed by atoms with Crippen molar-refractivity contribution in [1.82, 2.24) is 10.6 Å². The van der Waals surface area contributed by atoms with E-state index in [4.69, 9.17) is 9.15 Å². The van der Waals surface area contributed by atoms with Gasteiger partial charge in [0.2, 0.25) is 6.10 Å². The number of carbonyl (C=O) groups is 3. The van der Waals surface area contributed by atoms with Gasteiger partial charge in [0.1, 0.15) is 11.3 Å². The monoisotopic (exact) mass is 358 g/mol. The fraction of sp³-hybridized carbons (Fsp3) is 0.222. The highest BCUT2D eigenvalue weighted by atomic mass is 16.5. The summed E-state index contributed by atoms with van der Waals surface area (Å²) in [6.45, 7) is 3.01. The summed E-state index contributed by atoms with van der Waals surface area (Å²) in [6, 6.07) is 8.68. The Morgan fingerprint density at radius 2 is 1.77 bits per heavy atom. The van der Waals surface area contributed by atoms with Gasteiger partial charge in [-0.15, -0.1) is 0 Å². The van der Waals surface area contributed by atoms with Gasteiger partial charge >= 0.3 is 17.6 Å². The smallest absolute Gasteiger partial charge is 0.342 e. The fourth-order valence-electron chi connectivity index (χ4n) is 2.37. The standard InChI is InChI=1S/C18H18N2O6/c1-10-9-13(21)25-11(2)14(10)17(23)26-15(12-7-5-4-6-8-12)16(22)20-18(24)19-3/h4-9,15H,1-3H3,(H2,19,20,22,24). The summed E-state index contributed by atoms with van der Waals surface area (Å²) in [5, 5.41) is 4.33. The third kappa shape index (κ3) is 4.35. The molecule has 0 bridgehead atoms. The summed E-state index contributed by atoms with van der Waals surface area (Å²) in [5.74, 6) is -1.57. The molecule has 1 aromatic heterocycles. The molecule has 2 rings (SSSR count). The van der Waals surface area contributed by atoms with Crippen LogP contribution < -0.4 is 16.3 Å². The molecule has 26 heavy (non-hydrogen) atoms. The van der Waals surface area contributed by atoms with Gasteiger partial charge in [-0.3, -0.25) is 10.1 Å². The van der Waals surface area contributed by atoms with Crippen molar-refractivity contribution in [2.24, 2.45) is 0 Å². The second-order valence-corrected chi connectivity index (χ2v) is 5.44. The molecule has 0 spiro atoms. The molecule has 1 atom stereocenters. The molecule has 0 saturated carbocycles. The number of hydrogen-bond donors (Lipinski definition) is 2. The zero-order valence-electron chi connectivity index (χ0n) is 14.5.